The van der Waals surface area contributed by atoms with Gasteiger partial charge in [-0.2, -0.15) is 0 Å². The van der Waals surface area contributed by atoms with Crippen LogP contribution in [0.4, 0.5) is 0 Å². The third kappa shape index (κ3) is 1.76. The topological polar surface area (TPSA) is 34.4 Å². The Hall–Kier alpha value is -1.59. The lowest BCUT2D eigenvalue weighted by atomic mass is 10.2. The third-order valence-electron chi connectivity index (χ3n) is 2.65. The summed E-state index contributed by atoms with van der Waals surface area (Å²) in [5.41, 5.74) is 1.46. The van der Waals surface area contributed by atoms with E-state index in [0.717, 1.165) is 15.6 Å². The molecule has 3 nitrogen and oxygen atoms in total. The molecule has 0 saturated carbocycles. The Labute approximate surface area is 112 Å². The molecule has 5 heteroatoms. The normalized spacial score (nSPS) is 10.9. The average molecular weight is 274 g/mol. The quantitative estimate of drug-likeness (QED) is 0.542. The smallest absolute Gasteiger partial charge is 0.222 e. The Morgan fingerprint density at radius 3 is 2.94 bits per heavy atom. The van der Waals surface area contributed by atoms with Gasteiger partial charge in [-0.15, -0.1) is 23.1 Å². The number of hydrogen-bond acceptors (Lipinski definition) is 4. The van der Waals surface area contributed by atoms with E-state index in [4.69, 9.17) is 0 Å². The highest BCUT2D eigenvalue weighted by atomic mass is 32.2. The first-order valence-electron chi connectivity index (χ1n) is 5.40. The molecule has 0 aromatic carbocycles. The molecule has 0 amide bonds. The zero-order valence-electron chi connectivity index (χ0n) is 9.66. The van der Waals surface area contributed by atoms with Gasteiger partial charge in [-0.05, 0) is 29.8 Å². The van der Waals surface area contributed by atoms with Crippen molar-refractivity contribution < 1.29 is 4.79 Å². The van der Waals surface area contributed by atoms with E-state index in [0.29, 0.717) is 5.69 Å². The number of carbonyl (C=O) groups excluding carboxylic acids is 1. The summed E-state index contributed by atoms with van der Waals surface area (Å²) in [5.74, 6) is 0.0352. The van der Waals surface area contributed by atoms with E-state index < -0.39 is 0 Å². The van der Waals surface area contributed by atoms with Crippen LogP contribution < -0.4 is 0 Å². The lowest BCUT2D eigenvalue weighted by Crippen LogP contribution is -2.04. The van der Waals surface area contributed by atoms with Gasteiger partial charge in [-0.1, -0.05) is 12.1 Å². The van der Waals surface area contributed by atoms with Gasteiger partial charge in [0.15, 0.2) is 0 Å². The Morgan fingerprint density at radius 2 is 2.22 bits per heavy atom. The fraction of sp³-hybridized carbons (Fsp3) is 0.0769. The van der Waals surface area contributed by atoms with Crippen molar-refractivity contribution in [3.63, 3.8) is 0 Å². The molecule has 0 bridgehead atoms. The van der Waals surface area contributed by atoms with Crippen LogP contribution in [0.15, 0.2) is 46.9 Å². The number of carbonyl (C=O) groups is 1. The maximum atomic E-state index is 12.5. The number of imidazole rings is 1. The summed E-state index contributed by atoms with van der Waals surface area (Å²) in [7, 11) is 0. The van der Waals surface area contributed by atoms with Crippen molar-refractivity contribution in [1.29, 1.82) is 0 Å². The molecule has 3 rings (SSSR count). The van der Waals surface area contributed by atoms with Crippen LogP contribution in [0.3, 0.4) is 0 Å². The van der Waals surface area contributed by atoms with Gasteiger partial charge in [-0.3, -0.25) is 9.20 Å². The molecule has 0 aliphatic heterocycles. The second-order valence-corrected chi connectivity index (χ2v) is 5.45. The second-order valence-electron chi connectivity index (χ2n) is 3.70. The molecule has 0 aliphatic carbocycles. The molecule has 18 heavy (non-hydrogen) atoms. The predicted molar refractivity (Wildman–Crippen MR) is 74.7 cm³/mol. The highest BCUT2D eigenvalue weighted by molar-refractivity contribution is 7.98. The van der Waals surface area contributed by atoms with Gasteiger partial charge in [0.2, 0.25) is 5.78 Å². The van der Waals surface area contributed by atoms with Crippen LogP contribution in [-0.2, 0) is 0 Å². The van der Waals surface area contributed by atoms with Crippen molar-refractivity contribution in [3.05, 3.63) is 52.5 Å². The molecule has 0 aliphatic rings. The van der Waals surface area contributed by atoms with Crippen LogP contribution in [0.2, 0.25) is 0 Å². The van der Waals surface area contributed by atoms with Crippen molar-refractivity contribution in [2.45, 2.75) is 5.03 Å². The molecular weight excluding hydrogens is 264 g/mol. The molecule has 0 N–H and O–H groups in total. The number of thiophene rings is 1. The van der Waals surface area contributed by atoms with Crippen LogP contribution in [0, 0.1) is 0 Å². The molecule has 0 unspecified atom stereocenters. The van der Waals surface area contributed by atoms with Crippen LogP contribution in [-0.4, -0.2) is 21.4 Å². The van der Waals surface area contributed by atoms with E-state index in [1.807, 2.05) is 52.6 Å². The van der Waals surface area contributed by atoms with Gasteiger partial charge in [0.25, 0.3) is 0 Å². The van der Waals surface area contributed by atoms with Gasteiger partial charge in [0.1, 0.15) is 16.4 Å². The van der Waals surface area contributed by atoms with E-state index in [1.165, 1.54) is 23.1 Å². The molecule has 3 aromatic rings. The first kappa shape index (κ1) is 11.5. The predicted octanol–water partition coefficient (Wildman–Crippen LogP) is 3.35. The van der Waals surface area contributed by atoms with E-state index in [2.05, 4.69) is 4.98 Å². The largest absolute Gasteiger partial charge is 0.296 e. The molecule has 0 saturated heterocycles. The van der Waals surface area contributed by atoms with Crippen molar-refractivity contribution in [2.24, 2.45) is 0 Å². The highest BCUT2D eigenvalue weighted by Crippen LogP contribution is 2.25. The summed E-state index contributed by atoms with van der Waals surface area (Å²) >= 11 is 2.96. The van der Waals surface area contributed by atoms with Gasteiger partial charge in [-0.25, -0.2) is 4.98 Å². The van der Waals surface area contributed by atoms with E-state index >= 15 is 0 Å². The summed E-state index contributed by atoms with van der Waals surface area (Å²) in [6, 6.07) is 9.47. The van der Waals surface area contributed by atoms with Gasteiger partial charge in [0.05, 0.1) is 4.88 Å². The monoisotopic (exact) mass is 274 g/mol. The standard InChI is InChI=1S/C13H10N2OS2/c1-17-13-11(12(16)9-5-4-8-18-9)15-7-3-2-6-10(15)14-13/h2-8H,1H3. The highest BCUT2D eigenvalue weighted by Gasteiger charge is 2.20. The zero-order valence-corrected chi connectivity index (χ0v) is 11.3. The van der Waals surface area contributed by atoms with E-state index in [9.17, 15) is 4.79 Å². The Morgan fingerprint density at radius 1 is 1.33 bits per heavy atom. The molecule has 90 valence electrons. The molecule has 3 aromatic heterocycles. The maximum absolute atomic E-state index is 12.5. The van der Waals surface area contributed by atoms with E-state index in [1.54, 1.807) is 0 Å². The Balaban J connectivity index is 2.24. The average Bonchev–Trinajstić information content (AvgIpc) is 3.04. The van der Waals surface area contributed by atoms with Crippen molar-refractivity contribution >= 4 is 34.5 Å². The first-order valence-corrected chi connectivity index (χ1v) is 7.51. The summed E-state index contributed by atoms with van der Waals surface area (Å²) in [6.45, 7) is 0. The van der Waals surface area contributed by atoms with Gasteiger partial charge >= 0.3 is 0 Å². The fourth-order valence-electron chi connectivity index (χ4n) is 1.85. The molecule has 0 spiro atoms. The molecular formula is C13H10N2OS2. The number of aromatic nitrogens is 2. The summed E-state index contributed by atoms with van der Waals surface area (Å²) < 4.78 is 1.86. The van der Waals surface area contributed by atoms with E-state index in [-0.39, 0.29) is 5.78 Å². The Kier molecular flexibility index (Phi) is 2.93. The first-order chi connectivity index (χ1) is 8.81. The number of thioether (sulfide) groups is 1. The SMILES string of the molecule is CSc1nc2ccccn2c1C(=O)c1cccs1. The molecule has 0 atom stereocenters. The number of rotatable bonds is 3. The second kappa shape index (κ2) is 4.59. The number of ketones is 1. The van der Waals surface area contributed by atoms with Crippen LogP contribution >= 0.6 is 23.1 Å². The number of pyridine rings is 1. The fourth-order valence-corrected chi connectivity index (χ4v) is 3.08. The van der Waals surface area contributed by atoms with Gasteiger partial charge < -0.3 is 0 Å². The zero-order chi connectivity index (χ0) is 12.5. The van der Waals surface area contributed by atoms with Crippen molar-refractivity contribution in [1.82, 2.24) is 9.38 Å². The summed E-state index contributed by atoms with van der Waals surface area (Å²) in [6.07, 6.45) is 3.82. The van der Waals surface area contributed by atoms with Crippen LogP contribution in [0.25, 0.3) is 5.65 Å². The number of nitrogens with zero attached hydrogens (tertiary/aromatic N) is 2. The minimum absolute atomic E-state index is 0.0352. The summed E-state index contributed by atoms with van der Waals surface area (Å²) in [4.78, 5) is 17.7. The van der Waals surface area contributed by atoms with Crippen LogP contribution in [0.5, 0.6) is 0 Å². The molecule has 0 fully saturated rings. The van der Waals surface area contributed by atoms with Crippen molar-refractivity contribution in [3.8, 4) is 0 Å². The third-order valence-corrected chi connectivity index (χ3v) is 4.19. The molecule has 3 heterocycles. The van der Waals surface area contributed by atoms with Crippen LogP contribution in [0.1, 0.15) is 15.4 Å². The van der Waals surface area contributed by atoms with Crippen molar-refractivity contribution in [2.75, 3.05) is 6.26 Å². The Bertz CT molecular complexity index is 701. The maximum Gasteiger partial charge on any atom is 0.222 e. The lowest BCUT2D eigenvalue weighted by molar-refractivity contribution is 0.103. The van der Waals surface area contributed by atoms with Gasteiger partial charge in [0, 0.05) is 6.20 Å². The lowest BCUT2D eigenvalue weighted by Gasteiger charge is -2.00. The minimum Gasteiger partial charge on any atom is -0.296 e. The minimum atomic E-state index is 0.0352. The number of fused-ring (bicyclic) bond motifs is 1. The summed E-state index contributed by atoms with van der Waals surface area (Å²) in [5, 5.41) is 2.69. The number of hydrogen-bond donors (Lipinski definition) is 0. The molecule has 0 radical (unpaired) electrons.